The minimum absolute atomic E-state index is 0.0363. The molecule has 1 aromatic heterocycles. The molecule has 6 nitrogen and oxygen atoms in total. The predicted molar refractivity (Wildman–Crippen MR) is 89.2 cm³/mol. The molecule has 6 heteroatoms. The number of nitrogens with two attached hydrogens (primary N) is 1. The van der Waals surface area contributed by atoms with Gasteiger partial charge in [0.2, 0.25) is 5.78 Å². The molecular formula is C18H14N2O4. The highest BCUT2D eigenvalue weighted by Crippen LogP contribution is 2.35. The summed E-state index contributed by atoms with van der Waals surface area (Å²) in [4.78, 5) is 23.0. The van der Waals surface area contributed by atoms with E-state index in [2.05, 4.69) is 0 Å². The number of non-ortho nitro benzene ring substituents is 1. The van der Waals surface area contributed by atoms with Gasteiger partial charge in [0.05, 0.1) is 10.6 Å². The first-order valence-electron chi connectivity index (χ1n) is 7.67. The van der Waals surface area contributed by atoms with Crippen LogP contribution >= 0.6 is 0 Å². The lowest BCUT2D eigenvalue weighted by Gasteiger charge is -1.99. The molecule has 0 radical (unpaired) electrons. The quantitative estimate of drug-likeness (QED) is 0.451. The fourth-order valence-electron chi connectivity index (χ4n) is 3.24. The lowest BCUT2D eigenvalue weighted by Crippen LogP contribution is -2.03. The van der Waals surface area contributed by atoms with E-state index in [0.717, 1.165) is 24.6 Å². The Morgan fingerprint density at radius 1 is 1.17 bits per heavy atom. The van der Waals surface area contributed by atoms with Gasteiger partial charge in [0, 0.05) is 23.1 Å². The fraction of sp³-hybridized carbons (Fsp3) is 0.167. The van der Waals surface area contributed by atoms with E-state index in [4.69, 9.17) is 10.2 Å². The number of nitrogens with zero attached hydrogens (tertiary/aromatic N) is 1. The smallest absolute Gasteiger partial charge is 0.270 e. The van der Waals surface area contributed by atoms with E-state index >= 15 is 0 Å². The molecule has 0 spiro atoms. The van der Waals surface area contributed by atoms with Crippen LogP contribution in [0.4, 0.5) is 11.4 Å². The van der Waals surface area contributed by atoms with Gasteiger partial charge in [-0.15, -0.1) is 0 Å². The van der Waals surface area contributed by atoms with Crippen LogP contribution in [0.15, 0.2) is 40.8 Å². The minimum Gasteiger partial charge on any atom is -0.450 e. The van der Waals surface area contributed by atoms with E-state index in [1.807, 2.05) is 12.1 Å². The molecule has 3 aromatic rings. The van der Waals surface area contributed by atoms with Crippen LogP contribution in [0.1, 0.15) is 33.7 Å². The van der Waals surface area contributed by atoms with E-state index in [-0.39, 0.29) is 22.7 Å². The highest BCUT2D eigenvalue weighted by Gasteiger charge is 2.23. The summed E-state index contributed by atoms with van der Waals surface area (Å²) < 4.78 is 5.70. The average Bonchev–Trinajstić information content (AvgIpc) is 3.16. The summed E-state index contributed by atoms with van der Waals surface area (Å²) in [5, 5.41) is 11.6. The zero-order valence-electron chi connectivity index (χ0n) is 12.7. The third-order valence-electron chi connectivity index (χ3n) is 4.47. The van der Waals surface area contributed by atoms with Crippen LogP contribution in [0.3, 0.4) is 0 Å². The predicted octanol–water partition coefficient (Wildman–Crippen LogP) is 3.64. The first kappa shape index (κ1) is 14.4. The Kier molecular flexibility index (Phi) is 3.13. The number of hydrogen-bond acceptors (Lipinski definition) is 5. The van der Waals surface area contributed by atoms with Crippen LogP contribution in [0.5, 0.6) is 0 Å². The average molecular weight is 322 g/mol. The maximum atomic E-state index is 12.7. The molecule has 1 aliphatic rings. The molecule has 1 heterocycles. The minimum atomic E-state index is -0.538. The van der Waals surface area contributed by atoms with E-state index in [1.54, 1.807) is 0 Å². The third-order valence-corrected chi connectivity index (χ3v) is 4.47. The van der Waals surface area contributed by atoms with Crippen molar-refractivity contribution in [3.8, 4) is 0 Å². The third kappa shape index (κ3) is 2.15. The van der Waals surface area contributed by atoms with Crippen molar-refractivity contribution in [3.63, 3.8) is 0 Å². The van der Waals surface area contributed by atoms with Crippen LogP contribution in [0.25, 0.3) is 11.0 Å². The van der Waals surface area contributed by atoms with Gasteiger partial charge in [-0.05, 0) is 42.5 Å². The Labute approximate surface area is 137 Å². The van der Waals surface area contributed by atoms with Crippen molar-refractivity contribution in [2.75, 3.05) is 5.73 Å². The van der Waals surface area contributed by atoms with Crippen molar-refractivity contribution in [1.82, 2.24) is 0 Å². The van der Waals surface area contributed by atoms with Crippen molar-refractivity contribution in [1.29, 1.82) is 0 Å². The van der Waals surface area contributed by atoms with Crippen molar-refractivity contribution >= 4 is 28.1 Å². The zero-order valence-corrected chi connectivity index (χ0v) is 12.7. The number of carbonyl (C=O) groups is 1. The van der Waals surface area contributed by atoms with Crippen LogP contribution < -0.4 is 5.73 Å². The molecular weight excluding hydrogens is 308 g/mol. The van der Waals surface area contributed by atoms with Crippen molar-refractivity contribution in [2.24, 2.45) is 0 Å². The van der Waals surface area contributed by atoms with E-state index in [1.165, 1.54) is 35.4 Å². The van der Waals surface area contributed by atoms with Gasteiger partial charge in [0.15, 0.2) is 5.76 Å². The number of ketones is 1. The monoisotopic (exact) mass is 322 g/mol. The molecule has 120 valence electrons. The number of hydrogen-bond donors (Lipinski definition) is 1. The zero-order chi connectivity index (χ0) is 16.8. The maximum Gasteiger partial charge on any atom is 0.270 e. The van der Waals surface area contributed by atoms with Gasteiger partial charge in [0.1, 0.15) is 5.58 Å². The topological polar surface area (TPSA) is 99.4 Å². The number of fused-ring (bicyclic) bond motifs is 2. The molecule has 1 aliphatic carbocycles. The Morgan fingerprint density at radius 3 is 2.67 bits per heavy atom. The van der Waals surface area contributed by atoms with Crippen LogP contribution in [-0.2, 0) is 12.8 Å². The highest BCUT2D eigenvalue weighted by atomic mass is 16.6. The number of aryl methyl sites for hydroxylation is 2. The molecule has 0 atom stereocenters. The number of anilines is 1. The molecule has 2 aromatic carbocycles. The van der Waals surface area contributed by atoms with Gasteiger partial charge >= 0.3 is 0 Å². The lowest BCUT2D eigenvalue weighted by atomic mass is 10.0. The molecule has 0 saturated heterocycles. The SMILES string of the molecule is Nc1c(C(=O)c2cccc([N+](=O)[O-])c2)oc2cc3c(cc12)CCC3. The molecule has 0 fully saturated rings. The summed E-state index contributed by atoms with van der Waals surface area (Å²) in [6.45, 7) is 0. The van der Waals surface area contributed by atoms with E-state index in [0.29, 0.717) is 5.58 Å². The van der Waals surface area contributed by atoms with Crippen molar-refractivity contribution < 1.29 is 14.1 Å². The lowest BCUT2D eigenvalue weighted by molar-refractivity contribution is -0.384. The van der Waals surface area contributed by atoms with Gasteiger partial charge in [-0.25, -0.2) is 0 Å². The molecule has 0 amide bonds. The van der Waals surface area contributed by atoms with E-state index in [9.17, 15) is 14.9 Å². The van der Waals surface area contributed by atoms with Crippen molar-refractivity contribution in [3.05, 3.63) is 69.0 Å². The summed E-state index contributed by atoms with van der Waals surface area (Å²) in [6, 6.07) is 9.48. The second kappa shape index (κ2) is 5.19. The molecule has 24 heavy (non-hydrogen) atoms. The van der Waals surface area contributed by atoms with Gasteiger partial charge in [0.25, 0.3) is 5.69 Å². The number of nitro benzene ring substituents is 1. The first-order valence-corrected chi connectivity index (χ1v) is 7.67. The first-order chi connectivity index (χ1) is 11.5. The summed E-state index contributed by atoms with van der Waals surface area (Å²) >= 11 is 0. The number of benzene rings is 2. The Balaban J connectivity index is 1.81. The number of furan rings is 1. The van der Waals surface area contributed by atoms with Gasteiger partial charge < -0.3 is 10.2 Å². The molecule has 4 rings (SSSR count). The van der Waals surface area contributed by atoms with Crippen LogP contribution in [0, 0.1) is 10.1 Å². The summed E-state index contributed by atoms with van der Waals surface area (Å²) in [7, 11) is 0. The Hall–Kier alpha value is -3.15. The second-order valence-electron chi connectivity index (χ2n) is 5.95. The Bertz CT molecular complexity index is 1000. The van der Waals surface area contributed by atoms with Crippen molar-refractivity contribution in [2.45, 2.75) is 19.3 Å². The maximum absolute atomic E-state index is 12.7. The van der Waals surface area contributed by atoms with Gasteiger partial charge in [-0.1, -0.05) is 12.1 Å². The van der Waals surface area contributed by atoms with Crippen LogP contribution in [0.2, 0.25) is 0 Å². The highest BCUT2D eigenvalue weighted by molar-refractivity contribution is 6.14. The summed E-state index contributed by atoms with van der Waals surface area (Å²) in [5.74, 6) is -0.415. The largest absolute Gasteiger partial charge is 0.450 e. The van der Waals surface area contributed by atoms with Gasteiger partial charge in [-0.2, -0.15) is 0 Å². The van der Waals surface area contributed by atoms with Gasteiger partial charge in [-0.3, -0.25) is 14.9 Å². The van der Waals surface area contributed by atoms with Crippen LogP contribution in [-0.4, -0.2) is 10.7 Å². The number of carbonyl (C=O) groups excluding carboxylic acids is 1. The fourth-order valence-corrected chi connectivity index (χ4v) is 3.24. The number of nitrogen functional groups attached to an aromatic ring is 1. The molecule has 0 saturated carbocycles. The summed E-state index contributed by atoms with van der Waals surface area (Å²) in [6.07, 6.45) is 3.12. The molecule has 0 unspecified atom stereocenters. The Morgan fingerprint density at radius 2 is 1.92 bits per heavy atom. The normalized spacial score (nSPS) is 13.2. The molecule has 0 bridgehead atoms. The number of rotatable bonds is 3. The molecule has 2 N–H and O–H groups in total. The standard InChI is InChI=1S/C18H14N2O4/c19-16-14-8-10-3-1-4-11(10)9-15(14)24-18(16)17(21)12-5-2-6-13(7-12)20(22)23/h2,5-9H,1,3-4,19H2. The summed E-state index contributed by atoms with van der Waals surface area (Å²) in [5.41, 5.74) is 9.50. The van der Waals surface area contributed by atoms with E-state index < -0.39 is 10.7 Å². The molecule has 0 aliphatic heterocycles. The second-order valence-corrected chi connectivity index (χ2v) is 5.95. The number of nitro groups is 1.